The maximum Gasteiger partial charge on any atom is 0.260 e. The topological polar surface area (TPSA) is 46.9 Å². The van der Waals surface area contributed by atoms with Gasteiger partial charge in [-0.15, -0.1) is 0 Å². The van der Waals surface area contributed by atoms with Crippen molar-refractivity contribution in [1.29, 1.82) is 0 Å². The predicted molar refractivity (Wildman–Crippen MR) is 88.7 cm³/mol. The van der Waals surface area contributed by atoms with E-state index in [1.165, 1.54) is 5.69 Å². The summed E-state index contributed by atoms with van der Waals surface area (Å²) in [6.07, 6.45) is 3.82. The largest absolute Gasteiger partial charge is 0.484 e. The van der Waals surface area contributed by atoms with Crippen LogP contribution in [0.3, 0.4) is 0 Å². The summed E-state index contributed by atoms with van der Waals surface area (Å²) in [5.74, 6) is 0.669. The molecule has 0 unspecified atom stereocenters. The highest BCUT2D eigenvalue weighted by molar-refractivity contribution is 6.30. The molecule has 1 aliphatic heterocycles. The molecular formula is C17H19ClN3O2+. The van der Waals surface area contributed by atoms with Gasteiger partial charge in [-0.05, 0) is 24.3 Å². The normalized spacial score (nSPS) is 14.7. The first-order valence-corrected chi connectivity index (χ1v) is 7.97. The van der Waals surface area contributed by atoms with Gasteiger partial charge in [0.05, 0.1) is 0 Å². The van der Waals surface area contributed by atoms with E-state index in [-0.39, 0.29) is 12.5 Å². The first-order chi connectivity index (χ1) is 11.2. The second-order valence-corrected chi connectivity index (χ2v) is 5.81. The number of halogens is 1. The molecule has 1 saturated heterocycles. The Morgan fingerprint density at radius 1 is 1.04 bits per heavy atom. The summed E-state index contributed by atoms with van der Waals surface area (Å²) >= 11 is 5.82. The van der Waals surface area contributed by atoms with Crippen LogP contribution in [0, 0.1) is 0 Å². The molecule has 1 aromatic heterocycles. The summed E-state index contributed by atoms with van der Waals surface area (Å²) in [5.41, 5.74) is 1.17. The van der Waals surface area contributed by atoms with Crippen LogP contribution in [0.2, 0.25) is 5.02 Å². The van der Waals surface area contributed by atoms with E-state index in [0.717, 1.165) is 13.1 Å². The fourth-order valence-electron chi connectivity index (χ4n) is 2.57. The van der Waals surface area contributed by atoms with Crippen LogP contribution in [0.1, 0.15) is 0 Å². The van der Waals surface area contributed by atoms with E-state index in [0.29, 0.717) is 23.9 Å². The van der Waals surface area contributed by atoms with Crippen molar-refractivity contribution >= 4 is 23.2 Å². The van der Waals surface area contributed by atoms with E-state index in [1.807, 2.05) is 29.4 Å². The maximum atomic E-state index is 12.2. The molecule has 2 aromatic rings. The van der Waals surface area contributed by atoms with Gasteiger partial charge in [-0.3, -0.25) is 4.79 Å². The Bertz CT molecular complexity index is 641. The Morgan fingerprint density at radius 2 is 1.70 bits per heavy atom. The number of nitrogens with one attached hydrogen (secondary N) is 1. The minimum atomic E-state index is 0.0148. The molecule has 120 valence electrons. The molecule has 1 aromatic carbocycles. The zero-order valence-corrected chi connectivity index (χ0v) is 13.5. The quantitative estimate of drug-likeness (QED) is 0.859. The molecule has 0 bridgehead atoms. The molecule has 23 heavy (non-hydrogen) atoms. The van der Waals surface area contributed by atoms with Crippen LogP contribution in [-0.2, 0) is 4.79 Å². The van der Waals surface area contributed by atoms with Gasteiger partial charge in [0.2, 0.25) is 0 Å². The number of ether oxygens (including phenoxy) is 1. The van der Waals surface area contributed by atoms with E-state index in [9.17, 15) is 4.79 Å². The number of rotatable bonds is 4. The lowest BCUT2D eigenvalue weighted by Crippen LogP contribution is -2.50. The first kappa shape index (κ1) is 15.6. The highest BCUT2D eigenvalue weighted by atomic mass is 35.5. The molecule has 1 amide bonds. The molecule has 0 saturated carbocycles. The fourth-order valence-corrected chi connectivity index (χ4v) is 2.70. The van der Waals surface area contributed by atoms with Gasteiger partial charge in [-0.1, -0.05) is 11.6 Å². The maximum absolute atomic E-state index is 12.2. The molecule has 1 aliphatic rings. The summed E-state index contributed by atoms with van der Waals surface area (Å²) < 4.78 is 5.52. The number of hydrogen-bond donors (Lipinski definition) is 0. The van der Waals surface area contributed by atoms with Crippen LogP contribution in [0.5, 0.6) is 5.75 Å². The van der Waals surface area contributed by atoms with Crippen molar-refractivity contribution in [2.45, 2.75) is 0 Å². The average Bonchev–Trinajstić information content (AvgIpc) is 2.62. The first-order valence-electron chi connectivity index (χ1n) is 7.59. The van der Waals surface area contributed by atoms with Crippen molar-refractivity contribution < 1.29 is 14.5 Å². The molecule has 1 fully saturated rings. The van der Waals surface area contributed by atoms with Gasteiger partial charge in [0.15, 0.2) is 19.0 Å². The Balaban J connectivity index is 1.47. The fraction of sp³-hybridized carbons (Fsp3) is 0.294. The zero-order valence-electron chi connectivity index (χ0n) is 12.7. The van der Waals surface area contributed by atoms with Crippen molar-refractivity contribution in [2.24, 2.45) is 0 Å². The molecule has 3 rings (SSSR count). The summed E-state index contributed by atoms with van der Waals surface area (Å²) in [5, 5.41) is 0.651. The van der Waals surface area contributed by atoms with Crippen molar-refractivity contribution in [3.05, 3.63) is 53.8 Å². The van der Waals surface area contributed by atoms with E-state index >= 15 is 0 Å². The van der Waals surface area contributed by atoms with Gasteiger partial charge in [0.25, 0.3) is 5.91 Å². The number of piperazine rings is 1. The summed E-state index contributed by atoms with van der Waals surface area (Å²) in [7, 11) is 0. The van der Waals surface area contributed by atoms with E-state index in [2.05, 4.69) is 9.88 Å². The van der Waals surface area contributed by atoms with E-state index in [4.69, 9.17) is 16.3 Å². The highest BCUT2D eigenvalue weighted by Crippen LogP contribution is 2.16. The van der Waals surface area contributed by atoms with Crippen molar-refractivity contribution in [1.82, 2.24) is 4.90 Å². The van der Waals surface area contributed by atoms with Crippen LogP contribution in [0.15, 0.2) is 48.8 Å². The Labute approximate surface area is 140 Å². The van der Waals surface area contributed by atoms with Gasteiger partial charge in [-0.2, -0.15) is 0 Å². The third-order valence-electron chi connectivity index (χ3n) is 3.87. The van der Waals surface area contributed by atoms with Crippen LogP contribution in [-0.4, -0.2) is 43.6 Å². The number of H-pyrrole nitrogens is 1. The second-order valence-electron chi connectivity index (χ2n) is 5.37. The number of aromatic amines is 1. The number of hydrogen-bond acceptors (Lipinski definition) is 3. The Hall–Kier alpha value is -2.27. The number of nitrogens with zero attached hydrogens (tertiary/aromatic N) is 2. The van der Waals surface area contributed by atoms with Crippen LogP contribution < -0.4 is 14.6 Å². The van der Waals surface area contributed by atoms with E-state index < -0.39 is 0 Å². The molecule has 0 radical (unpaired) electrons. The molecule has 5 nitrogen and oxygen atoms in total. The number of aromatic nitrogens is 1. The van der Waals surface area contributed by atoms with Crippen LogP contribution in [0.4, 0.5) is 5.69 Å². The molecule has 0 spiro atoms. The minimum absolute atomic E-state index is 0.0148. The van der Waals surface area contributed by atoms with E-state index in [1.54, 1.807) is 24.3 Å². The lowest BCUT2D eigenvalue weighted by Gasteiger charge is -2.35. The summed E-state index contributed by atoms with van der Waals surface area (Å²) in [6, 6.07) is 11.1. The van der Waals surface area contributed by atoms with Crippen molar-refractivity contribution in [3.8, 4) is 5.75 Å². The molecule has 2 heterocycles. The minimum Gasteiger partial charge on any atom is -0.484 e. The molecule has 6 heteroatoms. The van der Waals surface area contributed by atoms with Gasteiger partial charge >= 0.3 is 0 Å². The Kier molecular flexibility index (Phi) is 4.98. The summed E-state index contributed by atoms with van der Waals surface area (Å²) in [4.78, 5) is 19.4. The smallest absolute Gasteiger partial charge is 0.260 e. The number of carbonyl (C=O) groups excluding carboxylic acids is 1. The highest BCUT2D eigenvalue weighted by Gasteiger charge is 2.21. The number of benzene rings is 1. The molecule has 0 atom stereocenters. The number of amides is 1. The third-order valence-corrected chi connectivity index (χ3v) is 4.13. The number of carbonyl (C=O) groups is 1. The van der Waals surface area contributed by atoms with Crippen LogP contribution in [0.25, 0.3) is 0 Å². The lowest BCUT2D eigenvalue weighted by molar-refractivity contribution is -0.377. The van der Waals surface area contributed by atoms with Crippen molar-refractivity contribution in [3.63, 3.8) is 0 Å². The van der Waals surface area contributed by atoms with Gasteiger partial charge in [0, 0.05) is 49.0 Å². The third kappa shape index (κ3) is 4.13. The standard InChI is InChI=1S/C17H18ClN3O2/c18-14-1-3-16(4-2-14)23-13-17(22)21-11-9-20(10-12-21)15-5-7-19-8-6-15/h1-8H,9-13H2/p+1. The molecule has 1 N–H and O–H groups in total. The van der Waals surface area contributed by atoms with Crippen LogP contribution >= 0.6 is 11.6 Å². The lowest BCUT2D eigenvalue weighted by atomic mass is 10.2. The SMILES string of the molecule is O=C(COc1ccc(Cl)cc1)N1CCN(c2cc[nH+]cc2)CC1. The van der Waals surface area contributed by atoms with Gasteiger partial charge in [-0.25, -0.2) is 4.98 Å². The monoisotopic (exact) mass is 332 g/mol. The molecule has 0 aliphatic carbocycles. The van der Waals surface area contributed by atoms with Gasteiger partial charge in [0.1, 0.15) is 5.75 Å². The average molecular weight is 333 g/mol. The van der Waals surface area contributed by atoms with Gasteiger partial charge < -0.3 is 14.5 Å². The predicted octanol–water partition coefficient (Wildman–Crippen LogP) is 1.88. The Morgan fingerprint density at radius 3 is 2.35 bits per heavy atom. The summed E-state index contributed by atoms with van der Waals surface area (Å²) in [6.45, 7) is 3.14. The molecular weight excluding hydrogens is 314 g/mol. The number of pyridine rings is 1. The van der Waals surface area contributed by atoms with Crippen molar-refractivity contribution in [2.75, 3.05) is 37.7 Å². The number of anilines is 1. The zero-order chi connectivity index (χ0) is 16.1. The second kappa shape index (κ2) is 7.33.